The van der Waals surface area contributed by atoms with Crippen molar-refractivity contribution in [3.8, 4) is 11.8 Å². The van der Waals surface area contributed by atoms with Crippen LogP contribution in [-0.4, -0.2) is 16.5 Å². The standard InChI is InChI=1S/C9H7N3O/c1-13-8-4-7(5-10)6-12-3-2-11-9(8)12/h2-4,6H,1H3. The second-order valence-electron chi connectivity index (χ2n) is 2.57. The number of hydrogen-bond donors (Lipinski definition) is 0. The van der Waals surface area contributed by atoms with Gasteiger partial charge in [0, 0.05) is 24.7 Å². The summed E-state index contributed by atoms with van der Waals surface area (Å²) < 4.78 is 6.86. The van der Waals surface area contributed by atoms with Gasteiger partial charge >= 0.3 is 0 Å². The molecule has 0 atom stereocenters. The van der Waals surface area contributed by atoms with Crippen molar-refractivity contribution >= 4 is 5.65 Å². The summed E-state index contributed by atoms with van der Waals surface area (Å²) in [5.41, 5.74) is 1.28. The highest BCUT2D eigenvalue weighted by molar-refractivity contribution is 5.56. The van der Waals surface area contributed by atoms with Crippen molar-refractivity contribution in [1.29, 1.82) is 5.26 Å². The van der Waals surface area contributed by atoms with Crippen molar-refractivity contribution in [1.82, 2.24) is 9.38 Å². The Hall–Kier alpha value is -2.02. The van der Waals surface area contributed by atoms with Gasteiger partial charge in [0.1, 0.15) is 6.07 Å². The summed E-state index contributed by atoms with van der Waals surface area (Å²) in [6, 6.07) is 3.72. The highest BCUT2D eigenvalue weighted by atomic mass is 16.5. The van der Waals surface area contributed by atoms with Gasteiger partial charge in [-0.1, -0.05) is 0 Å². The van der Waals surface area contributed by atoms with E-state index in [0.29, 0.717) is 11.3 Å². The lowest BCUT2D eigenvalue weighted by Gasteiger charge is -2.01. The Balaban J connectivity index is 2.79. The largest absolute Gasteiger partial charge is 0.493 e. The predicted molar refractivity (Wildman–Crippen MR) is 46.5 cm³/mol. The minimum absolute atomic E-state index is 0.558. The fourth-order valence-corrected chi connectivity index (χ4v) is 1.21. The van der Waals surface area contributed by atoms with Gasteiger partial charge in [-0.3, -0.25) is 0 Å². The molecular weight excluding hydrogens is 166 g/mol. The first-order chi connectivity index (χ1) is 6.35. The van der Waals surface area contributed by atoms with Gasteiger partial charge in [-0.15, -0.1) is 0 Å². The molecule has 0 aliphatic rings. The Labute approximate surface area is 75.0 Å². The van der Waals surface area contributed by atoms with Gasteiger partial charge in [0.05, 0.1) is 12.7 Å². The first-order valence-electron chi connectivity index (χ1n) is 3.76. The first kappa shape index (κ1) is 7.62. The van der Waals surface area contributed by atoms with E-state index in [1.165, 1.54) is 0 Å². The number of fused-ring (bicyclic) bond motifs is 1. The Morgan fingerprint density at radius 2 is 2.46 bits per heavy atom. The molecule has 0 N–H and O–H groups in total. The molecule has 0 aromatic carbocycles. The molecule has 4 nitrogen and oxygen atoms in total. The van der Waals surface area contributed by atoms with E-state index >= 15 is 0 Å². The van der Waals surface area contributed by atoms with Crippen molar-refractivity contribution in [2.75, 3.05) is 7.11 Å². The average Bonchev–Trinajstić information content (AvgIpc) is 2.63. The molecule has 2 aromatic rings. The summed E-state index contributed by atoms with van der Waals surface area (Å²) in [7, 11) is 1.56. The normalized spacial score (nSPS) is 9.85. The fourth-order valence-electron chi connectivity index (χ4n) is 1.21. The highest BCUT2D eigenvalue weighted by Gasteiger charge is 2.04. The van der Waals surface area contributed by atoms with Crippen LogP contribution in [0, 0.1) is 11.3 Å². The van der Waals surface area contributed by atoms with E-state index in [4.69, 9.17) is 10.00 Å². The number of nitriles is 1. The Bertz CT molecular complexity index is 481. The topological polar surface area (TPSA) is 50.3 Å². The van der Waals surface area contributed by atoms with Crippen LogP contribution in [0.25, 0.3) is 5.65 Å². The molecule has 2 aromatic heterocycles. The number of ether oxygens (including phenoxy) is 1. The summed E-state index contributed by atoms with van der Waals surface area (Å²) >= 11 is 0. The minimum atomic E-state index is 0.558. The molecule has 0 fully saturated rings. The van der Waals surface area contributed by atoms with Crippen molar-refractivity contribution in [3.05, 3.63) is 30.2 Å². The lowest BCUT2D eigenvalue weighted by atomic mass is 10.3. The summed E-state index contributed by atoms with van der Waals surface area (Å²) in [5.74, 6) is 0.615. The average molecular weight is 173 g/mol. The Morgan fingerprint density at radius 1 is 1.62 bits per heavy atom. The first-order valence-corrected chi connectivity index (χ1v) is 3.76. The third-order valence-corrected chi connectivity index (χ3v) is 1.80. The SMILES string of the molecule is COc1cc(C#N)cn2ccnc12. The zero-order valence-corrected chi connectivity index (χ0v) is 7.06. The van der Waals surface area contributed by atoms with E-state index in [0.717, 1.165) is 5.65 Å². The zero-order valence-electron chi connectivity index (χ0n) is 7.06. The molecule has 0 unspecified atom stereocenters. The quantitative estimate of drug-likeness (QED) is 0.651. The number of hydrogen-bond acceptors (Lipinski definition) is 3. The molecule has 4 heteroatoms. The van der Waals surface area contributed by atoms with Crippen molar-refractivity contribution in [3.63, 3.8) is 0 Å². The molecule has 0 bridgehead atoms. The van der Waals surface area contributed by atoms with Gasteiger partial charge in [-0.05, 0) is 0 Å². The summed E-state index contributed by atoms with van der Waals surface area (Å²) in [5, 5.41) is 8.72. The monoisotopic (exact) mass is 173 g/mol. The lowest BCUT2D eigenvalue weighted by molar-refractivity contribution is 0.417. The fraction of sp³-hybridized carbons (Fsp3) is 0.111. The van der Waals surface area contributed by atoms with Crippen LogP contribution in [0.1, 0.15) is 5.56 Å². The summed E-state index contributed by atoms with van der Waals surface area (Å²) in [4.78, 5) is 4.09. The molecule has 0 saturated carbocycles. The third-order valence-electron chi connectivity index (χ3n) is 1.80. The number of imidazole rings is 1. The Morgan fingerprint density at radius 3 is 3.15 bits per heavy atom. The third kappa shape index (κ3) is 1.11. The molecule has 0 aliphatic carbocycles. The molecule has 64 valence electrons. The number of nitrogens with zero attached hydrogens (tertiary/aromatic N) is 3. The molecule has 0 amide bonds. The molecule has 0 aliphatic heterocycles. The summed E-state index contributed by atoms with van der Waals surface area (Å²) in [6.07, 6.45) is 5.16. The summed E-state index contributed by atoms with van der Waals surface area (Å²) in [6.45, 7) is 0. The zero-order chi connectivity index (χ0) is 9.26. The van der Waals surface area contributed by atoms with Crippen LogP contribution in [0.5, 0.6) is 5.75 Å². The van der Waals surface area contributed by atoms with Crippen LogP contribution < -0.4 is 4.74 Å². The molecule has 2 heterocycles. The van der Waals surface area contributed by atoms with E-state index < -0.39 is 0 Å². The van der Waals surface area contributed by atoms with Gasteiger partial charge in [-0.25, -0.2) is 4.98 Å². The van der Waals surface area contributed by atoms with Crippen LogP contribution >= 0.6 is 0 Å². The maximum Gasteiger partial charge on any atom is 0.179 e. The van der Waals surface area contributed by atoms with Crippen LogP contribution in [0.3, 0.4) is 0 Å². The molecule has 0 radical (unpaired) electrons. The van der Waals surface area contributed by atoms with Crippen molar-refractivity contribution in [2.45, 2.75) is 0 Å². The maximum atomic E-state index is 8.72. The van der Waals surface area contributed by atoms with Crippen molar-refractivity contribution in [2.24, 2.45) is 0 Å². The van der Waals surface area contributed by atoms with Gasteiger partial charge < -0.3 is 9.14 Å². The molecular formula is C9H7N3O. The van der Waals surface area contributed by atoms with Crippen LogP contribution in [-0.2, 0) is 0 Å². The minimum Gasteiger partial charge on any atom is -0.493 e. The Kier molecular flexibility index (Phi) is 1.64. The van der Waals surface area contributed by atoms with E-state index in [-0.39, 0.29) is 0 Å². The lowest BCUT2D eigenvalue weighted by Crippen LogP contribution is -1.91. The van der Waals surface area contributed by atoms with Crippen LogP contribution in [0.4, 0.5) is 0 Å². The van der Waals surface area contributed by atoms with E-state index in [9.17, 15) is 0 Å². The number of methoxy groups -OCH3 is 1. The van der Waals surface area contributed by atoms with E-state index in [2.05, 4.69) is 11.1 Å². The number of pyridine rings is 1. The smallest absolute Gasteiger partial charge is 0.179 e. The molecule has 13 heavy (non-hydrogen) atoms. The number of aromatic nitrogens is 2. The number of rotatable bonds is 1. The highest BCUT2D eigenvalue weighted by Crippen LogP contribution is 2.18. The van der Waals surface area contributed by atoms with Crippen LogP contribution in [0.2, 0.25) is 0 Å². The molecule has 0 saturated heterocycles. The van der Waals surface area contributed by atoms with Gasteiger partial charge in [-0.2, -0.15) is 5.26 Å². The van der Waals surface area contributed by atoms with Crippen LogP contribution in [0.15, 0.2) is 24.7 Å². The van der Waals surface area contributed by atoms with Crippen molar-refractivity contribution < 1.29 is 4.74 Å². The molecule has 0 spiro atoms. The second-order valence-corrected chi connectivity index (χ2v) is 2.57. The second kappa shape index (κ2) is 2.79. The predicted octanol–water partition coefficient (Wildman–Crippen LogP) is 1.21. The van der Waals surface area contributed by atoms with E-state index in [1.54, 1.807) is 36.2 Å². The maximum absolute atomic E-state index is 8.72. The molecule has 2 rings (SSSR count). The van der Waals surface area contributed by atoms with E-state index in [1.807, 2.05) is 0 Å². The van der Waals surface area contributed by atoms with Gasteiger partial charge in [0.2, 0.25) is 0 Å². The van der Waals surface area contributed by atoms with Gasteiger partial charge in [0.25, 0.3) is 0 Å². The van der Waals surface area contributed by atoms with Gasteiger partial charge in [0.15, 0.2) is 11.4 Å².